The Hall–Kier alpha value is -3.42. The molecule has 0 spiro atoms. The minimum absolute atomic E-state index is 0.263. The lowest BCUT2D eigenvalue weighted by Gasteiger charge is -2.21. The summed E-state index contributed by atoms with van der Waals surface area (Å²) in [5.74, 6) is 1.96. The first-order valence-electron chi connectivity index (χ1n) is 10.6. The van der Waals surface area contributed by atoms with Crippen LogP contribution in [0.15, 0.2) is 67.1 Å². The zero-order valence-electron chi connectivity index (χ0n) is 18.8. The van der Waals surface area contributed by atoms with E-state index in [-0.39, 0.29) is 6.04 Å². The van der Waals surface area contributed by atoms with E-state index in [1.165, 1.54) is 6.33 Å². The Morgan fingerprint density at radius 2 is 1.85 bits per heavy atom. The predicted octanol–water partition coefficient (Wildman–Crippen LogP) is 5.33. The largest absolute Gasteiger partial charge is 0.491 e. The number of nitrogens with zero attached hydrogens (tertiary/aromatic N) is 4. The van der Waals surface area contributed by atoms with Crippen molar-refractivity contribution in [2.24, 2.45) is 0 Å². The molecule has 0 radical (unpaired) electrons. The van der Waals surface area contributed by atoms with Crippen LogP contribution in [0.2, 0.25) is 5.02 Å². The molecule has 0 aliphatic carbocycles. The summed E-state index contributed by atoms with van der Waals surface area (Å²) in [6.07, 6.45) is 3.27. The van der Waals surface area contributed by atoms with E-state index in [0.29, 0.717) is 29.8 Å². The van der Waals surface area contributed by atoms with Gasteiger partial charge in [-0.15, -0.1) is 0 Å². The zero-order chi connectivity index (χ0) is 23.2. The Bertz CT molecular complexity index is 1210. The molecule has 7 nitrogen and oxygen atoms in total. The quantitative estimate of drug-likeness (QED) is 0.359. The average molecular weight is 464 g/mol. The maximum absolute atomic E-state index is 6.48. The van der Waals surface area contributed by atoms with E-state index in [9.17, 15) is 0 Å². The van der Waals surface area contributed by atoms with Crippen molar-refractivity contribution in [2.45, 2.75) is 19.6 Å². The van der Waals surface area contributed by atoms with Gasteiger partial charge in [-0.3, -0.25) is 4.98 Å². The normalized spacial score (nSPS) is 12.0. The molecule has 0 amide bonds. The summed E-state index contributed by atoms with van der Waals surface area (Å²) in [7, 11) is 4.06. The van der Waals surface area contributed by atoms with Gasteiger partial charge >= 0.3 is 0 Å². The van der Waals surface area contributed by atoms with Gasteiger partial charge in [0, 0.05) is 17.9 Å². The van der Waals surface area contributed by atoms with Gasteiger partial charge in [-0.25, -0.2) is 9.97 Å². The Balaban J connectivity index is 1.54. The molecule has 2 heterocycles. The Morgan fingerprint density at radius 3 is 2.61 bits per heavy atom. The molecule has 1 atom stereocenters. The first-order valence-corrected chi connectivity index (χ1v) is 11.0. The van der Waals surface area contributed by atoms with Gasteiger partial charge in [0.1, 0.15) is 36.9 Å². The number of fused-ring (bicyclic) bond motifs is 1. The van der Waals surface area contributed by atoms with E-state index in [2.05, 4.69) is 32.1 Å². The average Bonchev–Trinajstić information content (AvgIpc) is 2.82. The number of rotatable bonds is 9. The third kappa shape index (κ3) is 5.69. The maximum Gasteiger partial charge on any atom is 0.145 e. The van der Waals surface area contributed by atoms with Crippen molar-refractivity contribution >= 4 is 34.0 Å². The lowest BCUT2D eigenvalue weighted by Crippen LogP contribution is -2.30. The topological polar surface area (TPSA) is 72.4 Å². The van der Waals surface area contributed by atoms with Gasteiger partial charge in [-0.1, -0.05) is 23.7 Å². The number of hydrogen-bond acceptors (Lipinski definition) is 7. The SMILES string of the molecule is C[C@@H](COc1cccc2ncnc(Nc3ccc(OCc4ccccn4)c(Cl)c3)c12)N(C)C. The van der Waals surface area contributed by atoms with E-state index in [4.69, 9.17) is 21.1 Å². The molecular weight excluding hydrogens is 438 g/mol. The van der Waals surface area contributed by atoms with E-state index in [1.807, 2.05) is 62.6 Å². The van der Waals surface area contributed by atoms with Gasteiger partial charge < -0.3 is 19.7 Å². The van der Waals surface area contributed by atoms with Crippen molar-refractivity contribution < 1.29 is 9.47 Å². The van der Waals surface area contributed by atoms with E-state index in [0.717, 1.165) is 28.0 Å². The van der Waals surface area contributed by atoms with Crippen molar-refractivity contribution in [3.63, 3.8) is 0 Å². The van der Waals surface area contributed by atoms with E-state index >= 15 is 0 Å². The van der Waals surface area contributed by atoms with Gasteiger partial charge in [0.2, 0.25) is 0 Å². The lowest BCUT2D eigenvalue weighted by atomic mass is 10.2. The second-order valence-electron chi connectivity index (χ2n) is 7.88. The Labute approximate surface area is 198 Å². The fraction of sp³-hybridized carbons (Fsp3) is 0.240. The van der Waals surface area contributed by atoms with Crippen LogP contribution in [0.5, 0.6) is 11.5 Å². The maximum atomic E-state index is 6.48. The van der Waals surface area contributed by atoms with Crippen LogP contribution in [0.4, 0.5) is 11.5 Å². The van der Waals surface area contributed by atoms with Crippen LogP contribution >= 0.6 is 11.6 Å². The highest BCUT2D eigenvalue weighted by Crippen LogP contribution is 2.34. The number of anilines is 2. The van der Waals surface area contributed by atoms with Gasteiger partial charge in [0.15, 0.2) is 0 Å². The first-order chi connectivity index (χ1) is 16.0. The molecule has 2 aromatic heterocycles. The van der Waals surface area contributed by atoms with Crippen LogP contribution in [-0.4, -0.2) is 46.6 Å². The van der Waals surface area contributed by atoms with Gasteiger partial charge in [-0.05, 0) is 63.5 Å². The molecule has 0 saturated carbocycles. The number of hydrogen-bond donors (Lipinski definition) is 1. The molecular formula is C25H26ClN5O2. The molecule has 0 unspecified atom stereocenters. The third-order valence-electron chi connectivity index (χ3n) is 5.28. The third-order valence-corrected chi connectivity index (χ3v) is 5.58. The van der Waals surface area contributed by atoms with Crippen LogP contribution in [0.25, 0.3) is 10.9 Å². The second kappa shape index (κ2) is 10.5. The standard InChI is InChI=1S/C25H26ClN5O2/c1-17(31(2)3)14-32-23-9-6-8-21-24(23)25(29-16-28-21)30-18-10-11-22(20(26)13-18)33-15-19-7-4-5-12-27-19/h4-13,16-17H,14-15H2,1-3H3,(H,28,29,30)/t17-/m0/s1. The fourth-order valence-corrected chi connectivity index (χ4v) is 3.36. The van der Waals surface area contributed by atoms with Gasteiger partial charge in [0.25, 0.3) is 0 Å². The minimum Gasteiger partial charge on any atom is -0.491 e. The molecule has 8 heteroatoms. The fourth-order valence-electron chi connectivity index (χ4n) is 3.12. The summed E-state index contributed by atoms with van der Waals surface area (Å²) in [6, 6.07) is 17.3. The molecule has 0 bridgehead atoms. The Morgan fingerprint density at radius 1 is 0.970 bits per heavy atom. The van der Waals surface area contributed by atoms with Crippen LogP contribution in [0.1, 0.15) is 12.6 Å². The molecule has 33 heavy (non-hydrogen) atoms. The summed E-state index contributed by atoms with van der Waals surface area (Å²) in [5, 5.41) is 4.65. The van der Waals surface area contributed by atoms with E-state index in [1.54, 1.807) is 12.3 Å². The lowest BCUT2D eigenvalue weighted by molar-refractivity contribution is 0.200. The summed E-state index contributed by atoms with van der Waals surface area (Å²) >= 11 is 6.48. The summed E-state index contributed by atoms with van der Waals surface area (Å²) in [5.41, 5.74) is 2.41. The van der Waals surface area contributed by atoms with Crippen molar-refractivity contribution in [3.8, 4) is 11.5 Å². The highest BCUT2D eigenvalue weighted by molar-refractivity contribution is 6.32. The number of aromatic nitrogens is 3. The molecule has 0 fully saturated rings. The molecule has 0 aliphatic rings. The first kappa shape index (κ1) is 22.8. The summed E-state index contributed by atoms with van der Waals surface area (Å²) in [6.45, 7) is 3.00. The molecule has 2 aromatic carbocycles. The number of halogens is 1. The van der Waals surface area contributed by atoms with Gasteiger partial charge in [-0.2, -0.15) is 0 Å². The highest BCUT2D eigenvalue weighted by atomic mass is 35.5. The van der Waals surface area contributed by atoms with Crippen molar-refractivity contribution in [3.05, 3.63) is 77.8 Å². The Kier molecular flexibility index (Phi) is 7.22. The monoisotopic (exact) mass is 463 g/mol. The zero-order valence-corrected chi connectivity index (χ0v) is 19.6. The van der Waals surface area contributed by atoms with Gasteiger partial charge in [0.05, 0.1) is 21.6 Å². The number of benzene rings is 2. The summed E-state index contributed by atoms with van der Waals surface area (Å²) < 4.78 is 11.9. The molecule has 170 valence electrons. The smallest absolute Gasteiger partial charge is 0.145 e. The van der Waals surface area contributed by atoms with Crippen LogP contribution < -0.4 is 14.8 Å². The van der Waals surface area contributed by atoms with Crippen LogP contribution in [-0.2, 0) is 6.61 Å². The van der Waals surface area contributed by atoms with E-state index < -0.39 is 0 Å². The number of likely N-dealkylation sites (N-methyl/N-ethyl adjacent to an activating group) is 1. The summed E-state index contributed by atoms with van der Waals surface area (Å²) in [4.78, 5) is 15.2. The molecule has 4 aromatic rings. The number of nitrogens with one attached hydrogen (secondary N) is 1. The van der Waals surface area contributed by atoms with Crippen LogP contribution in [0, 0.1) is 0 Å². The van der Waals surface area contributed by atoms with Crippen molar-refractivity contribution in [1.29, 1.82) is 0 Å². The minimum atomic E-state index is 0.263. The van der Waals surface area contributed by atoms with Crippen molar-refractivity contribution in [1.82, 2.24) is 19.9 Å². The number of pyridine rings is 1. The van der Waals surface area contributed by atoms with Crippen molar-refractivity contribution in [2.75, 3.05) is 26.0 Å². The van der Waals surface area contributed by atoms with Crippen LogP contribution in [0.3, 0.4) is 0 Å². The molecule has 0 saturated heterocycles. The number of ether oxygens (including phenoxy) is 2. The predicted molar refractivity (Wildman–Crippen MR) is 131 cm³/mol. The second-order valence-corrected chi connectivity index (χ2v) is 8.28. The molecule has 1 N–H and O–H groups in total. The highest BCUT2D eigenvalue weighted by Gasteiger charge is 2.13. The molecule has 0 aliphatic heterocycles. The molecule has 4 rings (SSSR count).